The highest BCUT2D eigenvalue weighted by atomic mass is 16.6. The van der Waals surface area contributed by atoms with E-state index in [0.717, 1.165) is 0 Å². The van der Waals surface area contributed by atoms with Gasteiger partial charge in [0.05, 0.1) is 12.2 Å². The zero-order valence-electron chi connectivity index (χ0n) is 10.7. The molecule has 0 aromatic heterocycles. The van der Waals surface area contributed by atoms with E-state index in [4.69, 9.17) is 4.74 Å². The predicted molar refractivity (Wildman–Crippen MR) is 61.4 cm³/mol. The third kappa shape index (κ3) is 4.45. The van der Waals surface area contributed by atoms with Gasteiger partial charge in [-0.1, -0.05) is 34.6 Å². The first-order valence-electron chi connectivity index (χ1n) is 5.85. The van der Waals surface area contributed by atoms with E-state index in [2.05, 4.69) is 41.5 Å². The van der Waals surface area contributed by atoms with Gasteiger partial charge in [-0.2, -0.15) is 0 Å². The Morgan fingerprint density at radius 1 is 1.07 bits per heavy atom. The third-order valence-electron chi connectivity index (χ3n) is 2.95. The van der Waals surface area contributed by atoms with Gasteiger partial charge in [0.15, 0.2) is 0 Å². The molecule has 0 radical (unpaired) electrons. The Kier molecular flexibility index (Phi) is 3.30. The molecule has 1 saturated heterocycles. The molecule has 0 bridgehead atoms. The van der Waals surface area contributed by atoms with Crippen LogP contribution in [0.2, 0.25) is 0 Å². The highest BCUT2D eigenvalue weighted by molar-refractivity contribution is 4.84. The van der Waals surface area contributed by atoms with Crippen LogP contribution in [0.15, 0.2) is 0 Å². The van der Waals surface area contributed by atoms with Gasteiger partial charge in [0.1, 0.15) is 0 Å². The summed E-state index contributed by atoms with van der Waals surface area (Å²) in [6.07, 6.45) is 4.92. The van der Waals surface area contributed by atoms with Gasteiger partial charge in [-0.25, -0.2) is 0 Å². The number of ether oxygens (including phenoxy) is 1. The van der Waals surface area contributed by atoms with Gasteiger partial charge < -0.3 is 4.74 Å². The Morgan fingerprint density at radius 2 is 1.57 bits per heavy atom. The summed E-state index contributed by atoms with van der Waals surface area (Å²) in [5.74, 6) is 0. The molecule has 1 rings (SSSR count). The minimum absolute atomic E-state index is 0.444. The lowest BCUT2D eigenvalue weighted by molar-refractivity contribution is 0.189. The molecule has 0 saturated carbocycles. The molecule has 1 aliphatic rings. The summed E-state index contributed by atoms with van der Waals surface area (Å²) in [7, 11) is 0. The van der Waals surface area contributed by atoms with Crippen LogP contribution in [0.5, 0.6) is 0 Å². The van der Waals surface area contributed by atoms with Gasteiger partial charge in [-0.3, -0.25) is 0 Å². The third-order valence-corrected chi connectivity index (χ3v) is 2.95. The van der Waals surface area contributed by atoms with Gasteiger partial charge in [0.25, 0.3) is 0 Å². The zero-order chi connectivity index (χ0) is 11.0. The Balaban J connectivity index is 2.26. The molecule has 1 heterocycles. The highest BCUT2D eigenvalue weighted by Crippen LogP contribution is 2.39. The lowest BCUT2D eigenvalue weighted by Gasteiger charge is -2.32. The fourth-order valence-electron chi connectivity index (χ4n) is 2.59. The standard InChI is InChI=1S/C13H26O/c1-10-11(14-10)7-8-13(5,6)9-12(2,3)4/h10-11H,7-9H2,1-6H3. The van der Waals surface area contributed by atoms with Gasteiger partial charge >= 0.3 is 0 Å². The van der Waals surface area contributed by atoms with Crippen molar-refractivity contribution in [1.82, 2.24) is 0 Å². The molecule has 1 fully saturated rings. The molecule has 2 atom stereocenters. The van der Waals surface area contributed by atoms with Crippen LogP contribution in [0.4, 0.5) is 0 Å². The summed E-state index contributed by atoms with van der Waals surface area (Å²) < 4.78 is 5.44. The van der Waals surface area contributed by atoms with E-state index in [1.807, 2.05) is 0 Å². The van der Waals surface area contributed by atoms with Crippen molar-refractivity contribution >= 4 is 0 Å². The minimum atomic E-state index is 0.444. The molecular weight excluding hydrogens is 172 g/mol. The van der Waals surface area contributed by atoms with E-state index >= 15 is 0 Å². The maximum Gasteiger partial charge on any atom is 0.0839 e. The molecule has 0 aliphatic carbocycles. The number of hydrogen-bond acceptors (Lipinski definition) is 1. The number of epoxide rings is 1. The summed E-state index contributed by atoms with van der Waals surface area (Å²) in [4.78, 5) is 0. The van der Waals surface area contributed by atoms with Crippen LogP contribution >= 0.6 is 0 Å². The quantitative estimate of drug-likeness (QED) is 0.622. The van der Waals surface area contributed by atoms with Crippen molar-refractivity contribution in [2.75, 3.05) is 0 Å². The van der Waals surface area contributed by atoms with Gasteiger partial charge in [-0.15, -0.1) is 0 Å². The van der Waals surface area contributed by atoms with Crippen LogP contribution in [0.1, 0.15) is 60.8 Å². The molecule has 1 nitrogen and oxygen atoms in total. The van der Waals surface area contributed by atoms with E-state index in [1.165, 1.54) is 19.3 Å². The molecule has 84 valence electrons. The van der Waals surface area contributed by atoms with Crippen molar-refractivity contribution in [1.29, 1.82) is 0 Å². The summed E-state index contributed by atoms with van der Waals surface area (Å²) in [5.41, 5.74) is 0.906. The second-order valence-corrected chi connectivity index (χ2v) is 6.82. The second-order valence-electron chi connectivity index (χ2n) is 6.82. The molecular formula is C13H26O. The summed E-state index contributed by atoms with van der Waals surface area (Å²) >= 11 is 0. The summed E-state index contributed by atoms with van der Waals surface area (Å²) in [5, 5.41) is 0. The Labute approximate surface area is 89.2 Å². The van der Waals surface area contributed by atoms with Crippen molar-refractivity contribution in [3.8, 4) is 0 Å². The zero-order valence-corrected chi connectivity index (χ0v) is 10.7. The summed E-state index contributed by atoms with van der Waals surface area (Å²) in [6.45, 7) is 13.9. The Bertz CT molecular complexity index is 188. The molecule has 1 aliphatic heterocycles. The van der Waals surface area contributed by atoms with Crippen LogP contribution in [-0.4, -0.2) is 12.2 Å². The van der Waals surface area contributed by atoms with Crippen LogP contribution in [0.3, 0.4) is 0 Å². The fourth-order valence-corrected chi connectivity index (χ4v) is 2.59. The van der Waals surface area contributed by atoms with E-state index in [-0.39, 0.29) is 0 Å². The normalized spacial score (nSPS) is 27.9. The molecule has 1 heteroatoms. The van der Waals surface area contributed by atoms with E-state index in [0.29, 0.717) is 23.0 Å². The maximum absolute atomic E-state index is 5.44. The van der Waals surface area contributed by atoms with Crippen LogP contribution in [-0.2, 0) is 4.74 Å². The fraction of sp³-hybridized carbons (Fsp3) is 1.00. The largest absolute Gasteiger partial charge is 0.370 e. The number of rotatable bonds is 4. The van der Waals surface area contributed by atoms with Crippen LogP contribution < -0.4 is 0 Å². The Morgan fingerprint density at radius 3 is 1.93 bits per heavy atom. The average molecular weight is 198 g/mol. The van der Waals surface area contributed by atoms with Gasteiger partial charge in [0, 0.05) is 0 Å². The molecule has 0 aromatic carbocycles. The van der Waals surface area contributed by atoms with Crippen molar-refractivity contribution in [2.24, 2.45) is 10.8 Å². The van der Waals surface area contributed by atoms with E-state index in [9.17, 15) is 0 Å². The Hall–Kier alpha value is -0.0400. The predicted octanol–water partition coefficient (Wildman–Crippen LogP) is 4.02. The average Bonchev–Trinajstić information content (AvgIpc) is 2.57. The molecule has 0 aromatic rings. The molecule has 0 amide bonds. The van der Waals surface area contributed by atoms with E-state index in [1.54, 1.807) is 0 Å². The smallest absolute Gasteiger partial charge is 0.0839 e. The highest BCUT2D eigenvalue weighted by Gasteiger charge is 2.35. The van der Waals surface area contributed by atoms with Crippen molar-refractivity contribution in [3.63, 3.8) is 0 Å². The topological polar surface area (TPSA) is 12.5 Å². The molecule has 0 spiro atoms. The van der Waals surface area contributed by atoms with Gasteiger partial charge in [0.2, 0.25) is 0 Å². The first-order chi connectivity index (χ1) is 6.20. The maximum atomic E-state index is 5.44. The first-order valence-corrected chi connectivity index (χ1v) is 5.85. The SMILES string of the molecule is CC1OC1CCC(C)(C)CC(C)(C)C. The van der Waals surface area contributed by atoms with Crippen molar-refractivity contribution in [2.45, 2.75) is 73.0 Å². The van der Waals surface area contributed by atoms with Crippen LogP contribution in [0, 0.1) is 10.8 Å². The van der Waals surface area contributed by atoms with Crippen LogP contribution in [0.25, 0.3) is 0 Å². The minimum Gasteiger partial charge on any atom is -0.370 e. The van der Waals surface area contributed by atoms with Crippen molar-refractivity contribution < 1.29 is 4.74 Å². The second kappa shape index (κ2) is 3.84. The monoisotopic (exact) mass is 198 g/mol. The molecule has 14 heavy (non-hydrogen) atoms. The van der Waals surface area contributed by atoms with Gasteiger partial charge in [-0.05, 0) is 37.0 Å². The molecule has 2 unspecified atom stereocenters. The number of hydrogen-bond donors (Lipinski definition) is 0. The van der Waals surface area contributed by atoms with E-state index < -0.39 is 0 Å². The molecule has 0 N–H and O–H groups in total. The first kappa shape index (κ1) is 12.0. The summed E-state index contributed by atoms with van der Waals surface area (Å²) in [6, 6.07) is 0. The lowest BCUT2D eigenvalue weighted by Crippen LogP contribution is -2.21. The van der Waals surface area contributed by atoms with Crippen molar-refractivity contribution in [3.05, 3.63) is 0 Å². The lowest BCUT2D eigenvalue weighted by atomic mass is 9.73.